The number of fused-ring (bicyclic) bond motifs is 1. The first kappa shape index (κ1) is 26.7. The fraction of sp³-hybridized carbons (Fsp3) is 0.346. The van der Waals surface area contributed by atoms with Gasteiger partial charge in [-0.25, -0.2) is 4.79 Å². The quantitative estimate of drug-likeness (QED) is 0.174. The van der Waals surface area contributed by atoms with Crippen LogP contribution in [0.2, 0.25) is 0 Å². The maximum atomic E-state index is 13.3. The monoisotopic (exact) mass is 495 g/mol. The predicted octanol–water partition coefficient (Wildman–Crippen LogP) is 1.17. The van der Waals surface area contributed by atoms with Crippen molar-refractivity contribution >= 4 is 28.7 Å². The number of carboxylic acids is 1. The summed E-state index contributed by atoms with van der Waals surface area (Å²) in [4.78, 5) is 41.1. The molecule has 192 valence electrons. The molecule has 2 aromatic carbocycles. The Morgan fingerprint density at radius 2 is 1.61 bits per heavy atom. The third-order valence-corrected chi connectivity index (χ3v) is 6.03. The van der Waals surface area contributed by atoms with E-state index in [9.17, 15) is 24.6 Å². The molecule has 3 aromatic rings. The van der Waals surface area contributed by atoms with Crippen molar-refractivity contribution in [3.63, 3.8) is 0 Å². The van der Waals surface area contributed by atoms with Gasteiger partial charge >= 0.3 is 5.97 Å². The average molecular weight is 496 g/mol. The van der Waals surface area contributed by atoms with Crippen LogP contribution in [-0.2, 0) is 27.2 Å². The summed E-state index contributed by atoms with van der Waals surface area (Å²) in [5.74, 6) is -2.28. The van der Waals surface area contributed by atoms with Gasteiger partial charge in [-0.15, -0.1) is 0 Å². The maximum Gasteiger partial charge on any atom is 0.326 e. The van der Waals surface area contributed by atoms with Gasteiger partial charge in [0, 0.05) is 29.9 Å². The molecule has 0 aliphatic rings. The molecule has 3 atom stereocenters. The average Bonchev–Trinajstić information content (AvgIpc) is 3.27. The van der Waals surface area contributed by atoms with Gasteiger partial charge in [-0.1, -0.05) is 36.8 Å². The van der Waals surface area contributed by atoms with Crippen molar-refractivity contribution in [2.45, 2.75) is 50.2 Å². The van der Waals surface area contributed by atoms with Crippen molar-refractivity contribution in [1.29, 1.82) is 0 Å². The first-order valence-electron chi connectivity index (χ1n) is 11.9. The molecule has 36 heavy (non-hydrogen) atoms. The van der Waals surface area contributed by atoms with Crippen LogP contribution in [0.15, 0.2) is 54.7 Å². The third kappa shape index (κ3) is 7.30. The zero-order valence-electron chi connectivity index (χ0n) is 19.9. The lowest BCUT2D eigenvalue weighted by atomic mass is 10.0. The number of hydrogen-bond donors (Lipinski definition) is 7. The fourth-order valence-electron chi connectivity index (χ4n) is 3.99. The molecule has 3 rings (SSSR count). The number of benzene rings is 2. The van der Waals surface area contributed by atoms with E-state index in [4.69, 9.17) is 11.5 Å². The van der Waals surface area contributed by atoms with E-state index in [1.807, 2.05) is 24.3 Å². The van der Waals surface area contributed by atoms with Crippen molar-refractivity contribution in [3.8, 4) is 5.75 Å². The fourth-order valence-corrected chi connectivity index (χ4v) is 3.99. The number of aromatic nitrogens is 1. The maximum absolute atomic E-state index is 13.3. The molecule has 0 aliphatic heterocycles. The molecule has 0 spiro atoms. The van der Waals surface area contributed by atoms with Gasteiger partial charge in [0.2, 0.25) is 11.8 Å². The largest absolute Gasteiger partial charge is 0.508 e. The van der Waals surface area contributed by atoms with Gasteiger partial charge in [0.15, 0.2) is 0 Å². The molecule has 0 saturated carbocycles. The van der Waals surface area contributed by atoms with Crippen molar-refractivity contribution in [2.75, 3.05) is 6.54 Å². The number of amides is 2. The van der Waals surface area contributed by atoms with Gasteiger partial charge in [-0.05, 0) is 48.7 Å². The molecular formula is C26H33N5O5. The summed E-state index contributed by atoms with van der Waals surface area (Å²) in [5, 5.41) is 25.4. The van der Waals surface area contributed by atoms with E-state index in [-0.39, 0.29) is 18.6 Å². The van der Waals surface area contributed by atoms with Gasteiger partial charge in [-0.3, -0.25) is 9.59 Å². The summed E-state index contributed by atoms with van der Waals surface area (Å²) < 4.78 is 0. The number of nitrogens with one attached hydrogen (secondary N) is 3. The number of carbonyl (C=O) groups excluding carboxylic acids is 2. The normalized spacial score (nSPS) is 13.6. The number of hydrogen-bond acceptors (Lipinski definition) is 6. The zero-order chi connectivity index (χ0) is 26.1. The highest BCUT2D eigenvalue weighted by Crippen LogP contribution is 2.19. The Morgan fingerprint density at radius 3 is 2.31 bits per heavy atom. The minimum absolute atomic E-state index is 0.00765. The molecule has 1 heterocycles. The van der Waals surface area contributed by atoms with Crippen molar-refractivity contribution in [2.24, 2.45) is 11.5 Å². The molecular weight excluding hydrogens is 462 g/mol. The van der Waals surface area contributed by atoms with E-state index in [0.29, 0.717) is 24.9 Å². The Bertz CT molecular complexity index is 1180. The number of aromatic hydroxyl groups is 1. The van der Waals surface area contributed by atoms with Gasteiger partial charge in [0.1, 0.15) is 17.8 Å². The number of carboxylic acid groups (broad SMARTS) is 1. The lowest BCUT2D eigenvalue weighted by Crippen LogP contribution is -2.55. The highest BCUT2D eigenvalue weighted by Gasteiger charge is 2.29. The highest BCUT2D eigenvalue weighted by molar-refractivity contribution is 5.93. The molecule has 10 heteroatoms. The summed E-state index contributed by atoms with van der Waals surface area (Å²) in [6, 6.07) is 10.5. The number of para-hydroxylation sites is 1. The Balaban J connectivity index is 1.78. The Labute approximate surface area is 209 Å². The molecule has 0 fully saturated rings. The number of aliphatic carboxylic acids is 1. The first-order chi connectivity index (χ1) is 17.3. The van der Waals surface area contributed by atoms with Crippen LogP contribution in [0.3, 0.4) is 0 Å². The van der Waals surface area contributed by atoms with Crippen LogP contribution in [0.1, 0.15) is 30.4 Å². The summed E-state index contributed by atoms with van der Waals surface area (Å²) in [6.07, 6.45) is 3.75. The van der Waals surface area contributed by atoms with Crippen LogP contribution < -0.4 is 22.1 Å². The smallest absolute Gasteiger partial charge is 0.326 e. The number of H-pyrrole nitrogens is 1. The van der Waals surface area contributed by atoms with Crippen LogP contribution >= 0.6 is 0 Å². The number of rotatable bonds is 13. The van der Waals surface area contributed by atoms with E-state index in [0.717, 1.165) is 22.9 Å². The second-order valence-electron chi connectivity index (χ2n) is 8.79. The van der Waals surface area contributed by atoms with Crippen LogP contribution in [0.4, 0.5) is 0 Å². The molecule has 0 saturated heterocycles. The van der Waals surface area contributed by atoms with Crippen molar-refractivity contribution in [3.05, 3.63) is 65.9 Å². The number of aromatic amines is 1. The number of nitrogens with two attached hydrogens (primary N) is 2. The van der Waals surface area contributed by atoms with Crippen LogP contribution in [0, 0.1) is 0 Å². The lowest BCUT2D eigenvalue weighted by molar-refractivity contribution is -0.142. The standard InChI is InChI=1S/C26H33N5O5/c27-12-4-3-6-20(28)24(33)30-22(14-17-15-29-21-7-2-1-5-19(17)21)25(34)31-23(26(35)36)13-16-8-10-18(32)11-9-16/h1-2,5,7-11,15,20,22-23,29,32H,3-4,6,12-14,27-28H2,(H,30,33)(H,31,34)(H,35,36)/t20-,22-,23-/m0/s1. The number of phenols is 1. The molecule has 1 aromatic heterocycles. The predicted molar refractivity (Wildman–Crippen MR) is 136 cm³/mol. The summed E-state index contributed by atoms with van der Waals surface area (Å²) >= 11 is 0. The summed E-state index contributed by atoms with van der Waals surface area (Å²) in [5.41, 5.74) is 13.8. The zero-order valence-corrected chi connectivity index (χ0v) is 19.9. The Morgan fingerprint density at radius 1 is 0.917 bits per heavy atom. The molecule has 0 aliphatic carbocycles. The molecule has 2 amide bonds. The number of unbranched alkanes of at least 4 members (excludes halogenated alkanes) is 1. The van der Waals surface area contributed by atoms with E-state index in [1.54, 1.807) is 18.3 Å². The van der Waals surface area contributed by atoms with E-state index in [2.05, 4.69) is 15.6 Å². The van der Waals surface area contributed by atoms with E-state index in [1.165, 1.54) is 12.1 Å². The molecule has 0 bridgehead atoms. The van der Waals surface area contributed by atoms with Crippen LogP contribution in [0.25, 0.3) is 10.9 Å². The molecule has 0 unspecified atom stereocenters. The second-order valence-corrected chi connectivity index (χ2v) is 8.79. The third-order valence-electron chi connectivity index (χ3n) is 6.03. The summed E-state index contributed by atoms with van der Waals surface area (Å²) in [6.45, 7) is 0.498. The molecule has 10 nitrogen and oxygen atoms in total. The Kier molecular flexibility index (Phi) is 9.43. The lowest BCUT2D eigenvalue weighted by Gasteiger charge is -2.23. The minimum Gasteiger partial charge on any atom is -0.508 e. The van der Waals surface area contributed by atoms with E-state index < -0.39 is 35.9 Å². The van der Waals surface area contributed by atoms with Crippen LogP contribution in [-0.4, -0.2) is 57.7 Å². The van der Waals surface area contributed by atoms with Crippen LogP contribution in [0.5, 0.6) is 5.75 Å². The molecule has 9 N–H and O–H groups in total. The van der Waals surface area contributed by atoms with Gasteiger partial charge < -0.3 is 37.3 Å². The Hall–Kier alpha value is -3.89. The van der Waals surface area contributed by atoms with Crippen molar-refractivity contribution in [1.82, 2.24) is 15.6 Å². The van der Waals surface area contributed by atoms with Gasteiger partial charge in [0.05, 0.1) is 6.04 Å². The SMILES string of the molecule is NCCCC[C@H](N)C(=O)N[C@@H](Cc1c[nH]c2ccccc12)C(=O)N[C@@H](Cc1ccc(O)cc1)C(=O)O. The second kappa shape index (κ2) is 12.7. The minimum atomic E-state index is -1.23. The van der Waals surface area contributed by atoms with Crippen molar-refractivity contribution < 1.29 is 24.6 Å². The first-order valence-corrected chi connectivity index (χ1v) is 11.9. The topological polar surface area (TPSA) is 184 Å². The summed E-state index contributed by atoms with van der Waals surface area (Å²) in [7, 11) is 0. The van der Waals surface area contributed by atoms with E-state index >= 15 is 0 Å². The number of phenolic OH excluding ortho intramolecular Hbond substituents is 1. The highest BCUT2D eigenvalue weighted by atomic mass is 16.4. The van der Waals surface area contributed by atoms with Gasteiger partial charge in [-0.2, -0.15) is 0 Å². The molecule has 0 radical (unpaired) electrons. The number of carbonyl (C=O) groups is 3. The van der Waals surface area contributed by atoms with Gasteiger partial charge in [0.25, 0.3) is 0 Å².